The second-order valence-electron chi connectivity index (χ2n) is 8.49. The number of nitrogens with one attached hydrogen (secondary N) is 2. The van der Waals surface area contributed by atoms with Gasteiger partial charge in [0, 0.05) is 28.3 Å². The maximum atomic E-state index is 12.7. The molecule has 0 aliphatic carbocycles. The maximum Gasteiger partial charge on any atom is 0.339 e. The van der Waals surface area contributed by atoms with Crippen molar-refractivity contribution in [2.45, 2.75) is 40.5 Å². The minimum Gasteiger partial charge on any atom is -0.461 e. The fraction of sp³-hybridized carbons (Fsp3) is 0.500. The second-order valence-corrected chi connectivity index (χ2v) is 8.49. The molecule has 0 saturated carbocycles. The number of furan rings is 1. The number of carbonyl (C=O) groups excluding carboxylic acids is 1. The lowest BCUT2D eigenvalue weighted by Gasteiger charge is -2.23. The molecule has 1 aromatic carbocycles. The summed E-state index contributed by atoms with van der Waals surface area (Å²) in [7, 11) is 0. The Labute approximate surface area is 181 Å². The van der Waals surface area contributed by atoms with Crippen molar-refractivity contribution in [1.82, 2.24) is 5.32 Å². The molecule has 3 aromatic rings. The average molecular weight is 428 g/mol. The highest BCUT2D eigenvalue weighted by Crippen LogP contribution is 2.34. The Kier molecular flexibility index (Phi) is 6.16. The zero-order valence-electron chi connectivity index (χ0n) is 18.8. The minimum absolute atomic E-state index is 0.0421. The lowest BCUT2D eigenvalue weighted by Crippen LogP contribution is -3.14. The molecule has 0 radical (unpaired) electrons. The van der Waals surface area contributed by atoms with E-state index in [2.05, 4.69) is 5.32 Å². The number of carbonyl (C=O) groups is 1. The van der Waals surface area contributed by atoms with E-state index in [1.807, 2.05) is 33.8 Å². The summed E-state index contributed by atoms with van der Waals surface area (Å²) in [4.78, 5) is 26.5. The summed E-state index contributed by atoms with van der Waals surface area (Å²) in [5.41, 5.74) is 4.31. The van der Waals surface area contributed by atoms with Crippen LogP contribution in [0.2, 0.25) is 0 Å². The van der Waals surface area contributed by atoms with Crippen molar-refractivity contribution >= 4 is 27.8 Å². The van der Waals surface area contributed by atoms with Crippen molar-refractivity contribution in [3.05, 3.63) is 44.5 Å². The quantitative estimate of drug-likeness (QED) is 0.586. The van der Waals surface area contributed by atoms with Crippen LogP contribution in [0, 0.1) is 27.7 Å². The Morgan fingerprint density at radius 1 is 1.00 bits per heavy atom. The Bertz CT molecular complexity index is 1180. The predicted octanol–water partition coefficient (Wildman–Crippen LogP) is 1.74. The van der Waals surface area contributed by atoms with Crippen molar-refractivity contribution in [2.75, 3.05) is 39.4 Å². The number of ether oxygens (including phenoxy) is 1. The van der Waals surface area contributed by atoms with E-state index in [4.69, 9.17) is 13.6 Å². The molecule has 1 aliphatic heterocycles. The molecular formula is C24H31N2O5+. The Balaban J connectivity index is 1.49. The van der Waals surface area contributed by atoms with Gasteiger partial charge in [-0.05, 0) is 51.3 Å². The van der Waals surface area contributed by atoms with E-state index in [-0.39, 0.29) is 18.0 Å². The smallest absolute Gasteiger partial charge is 0.339 e. The second kappa shape index (κ2) is 8.85. The van der Waals surface area contributed by atoms with Crippen molar-refractivity contribution in [2.24, 2.45) is 0 Å². The number of rotatable bonds is 6. The summed E-state index contributed by atoms with van der Waals surface area (Å²) in [5, 5.41) is 4.91. The van der Waals surface area contributed by atoms with Crippen LogP contribution in [0.1, 0.15) is 34.4 Å². The first kappa shape index (κ1) is 21.6. The molecule has 0 spiro atoms. The van der Waals surface area contributed by atoms with Gasteiger partial charge in [-0.3, -0.25) is 4.79 Å². The van der Waals surface area contributed by atoms with Crippen LogP contribution in [-0.2, 0) is 16.0 Å². The summed E-state index contributed by atoms with van der Waals surface area (Å²) in [6.07, 6.45) is 0.626. The van der Waals surface area contributed by atoms with Gasteiger partial charge in [-0.2, -0.15) is 0 Å². The largest absolute Gasteiger partial charge is 0.461 e. The average Bonchev–Trinajstić information content (AvgIpc) is 3.04. The highest BCUT2D eigenvalue weighted by molar-refractivity contribution is 6.00. The van der Waals surface area contributed by atoms with Gasteiger partial charge in [0.2, 0.25) is 5.91 Å². The molecule has 7 nitrogen and oxygen atoms in total. The first-order valence-corrected chi connectivity index (χ1v) is 11.0. The summed E-state index contributed by atoms with van der Waals surface area (Å²) >= 11 is 0. The molecule has 0 unspecified atom stereocenters. The predicted molar refractivity (Wildman–Crippen MR) is 119 cm³/mol. The van der Waals surface area contributed by atoms with E-state index in [9.17, 15) is 9.59 Å². The fourth-order valence-corrected chi connectivity index (χ4v) is 4.40. The van der Waals surface area contributed by atoms with Crippen molar-refractivity contribution in [1.29, 1.82) is 0 Å². The summed E-state index contributed by atoms with van der Waals surface area (Å²) in [5.74, 6) is 0.823. The molecule has 166 valence electrons. The summed E-state index contributed by atoms with van der Waals surface area (Å²) in [6.45, 7) is 12.9. The topological polar surface area (TPSA) is 86.1 Å². The molecule has 0 atom stereocenters. The lowest BCUT2D eigenvalue weighted by atomic mass is 9.98. The highest BCUT2D eigenvalue weighted by Gasteiger charge is 2.19. The molecule has 1 saturated heterocycles. The molecular weight excluding hydrogens is 396 g/mol. The Morgan fingerprint density at radius 3 is 2.42 bits per heavy atom. The van der Waals surface area contributed by atoms with Gasteiger partial charge in [0.1, 0.15) is 30.0 Å². The number of quaternary nitrogens is 1. The molecule has 4 rings (SSSR count). The number of morpholine rings is 1. The SMILES string of the molecule is Cc1oc2c(C)c3oc(=O)c(CCC(=O)NCC[NH+]4CCOCC4)c(C)c3cc2c1C. The zero-order chi connectivity index (χ0) is 22.1. The van der Waals surface area contributed by atoms with E-state index in [1.165, 1.54) is 4.90 Å². The Morgan fingerprint density at radius 2 is 1.68 bits per heavy atom. The van der Waals surface area contributed by atoms with E-state index < -0.39 is 0 Å². The van der Waals surface area contributed by atoms with Gasteiger partial charge in [0.05, 0.1) is 26.3 Å². The number of hydrogen-bond donors (Lipinski definition) is 2. The highest BCUT2D eigenvalue weighted by atomic mass is 16.5. The third-order valence-electron chi connectivity index (χ3n) is 6.55. The molecule has 2 N–H and O–H groups in total. The first-order chi connectivity index (χ1) is 14.9. The number of hydrogen-bond acceptors (Lipinski definition) is 5. The van der Waals surface area contributed by atoms with E-state index in [0.717, 1.165) is 71.7 Å². The van der Waals surface area contributed by atoms with Crippen molar-refractivity contribution in [3.63, 3.8) is 0 Å². The van der Waals surface area contributed by atoms with Gasteiger partial charge in [-0.25, -0.2) is 4.79 Å². The van der Waals surface area contributed by atoms with Gasteiger partial charge in [-0.1, -0.05) is 0 Å². The van der Waals surface area contributed by atoms with E-state index in [1.54, 1.807) is 0 Å². The third kappa shape index (κ3) is 4.25. The normalized spacial score (nSPS) is 15.1. The molecule has 0 bridgehead atoms. The van der Waals surface area contributed by atoms with Crippen LogP contribution in [0.25, 0.3) is 21.9 Å². The van der Waals surface area contributed by atoms with Gasteiger partial charge in [-0.15, -0.1) is 0 Å². The lowest BCUT2D eigenvalue weighted by molar-refractivity contribution is -0.906. The van der Waals surface area contributed by atoms with Crippen molar-refractivity contribution in [3.8, 4) is 0 Å². The number of benzene rings is 1. The fourth-order valence-electron chi connectivity index (χ4n) is 4.40. The molecule has 7 heteroatoms. The molecule has 1 aliphatic rings. The molecule has 1 amide bonds. The van der Waals surface area contributed by atoms with E-state index in [0.29, 0.717) is 24.1 Å². The number of fused-ring (bicyclic) bond motifs is 2. The van der Waals surface area contributed by atoms with Crippen LogP contribution in [0.3, 0.4) is 0 Å². The molecule has 1 fully saturated rings. The first-order valence-electron chi connectivity index (χ1n) is 11.0. The van der Waals surface area contributed by atoms with Crippen LogP contribution in [0.15, 0.2) is 19.7 Å². The zero-order valence-corrected chi connectivity index (χ0v) is 18.8. The van der Waals surface area contributed by atoms with Crippen LogP contribution in [0.5, 0.6) is 0 Å². The number of amides is 1. The molecule has 3 heterocycles. The molecule has 2 aromatic heterocycles. The van der Waals surface area contributed by atoms with Crippen LogP contribution >= 0.6 is 0 Å². The maximum absolute atomic E-state index is 12.7. The van der Waals surface area contributed by atoms with Gasteiger partial charge in [0.25, 0.3) is 0 Å². The number of aryl methyl sites for hydroxylation is 4. The monoisotopic (exact) mass is 427 g/mol. The van der Waals surface area contributed by atoms with Gasteiger partial charge >= 0.3 is 5.63 Å². The van der Waals surface area contributed by atoms with Crippen LogP contribution in [-0.4, -0.2) is 45.3 Å². The van der Waals surface area contributed by atoms with Gasteiger partial charge < -0.3 is 23.8 Å². The van der Waals surface area contributed by atoms with Crippen LogP contribution < -0.4 is 15.8 Å². The minimum atomic E-state index is -0.377. The standard InChI is InChI=1S/C24H30N2O5/c1-14-17(4)30-22-16(3)23-20(13-19(14)22)15(2)18(24(28)31-23)5-6-21(27)25-7-8-26-9-11-29-12-10-26/h13H,5-12H2,1-4H3,(H,25,27)/p+1. The van der Waals surface area contributed by atoms with Crippen molar-refractivity contribution < 1.29 is 23.3 Å². The summed E-state index contributed by atoms with van der Waals surface area (Å²) < 4.78 is 16.9. The van der Waals surface area contributed by atoms with E-state index >= 15 is 0 Å². The summed E-state index contributed by atoms with van der Waals surface area (Å²) in [6, 6.07) is 2.04. The molecule has 31 heavy (non-hydrogen) atoms. The third-order valence-corrected chi connectivity index (χ3v) is 6.55. The van der Waals surface area contributed by atoms with Crippen LogP contribution in [0.4, 0.5) is 0 Å². The van der Waals surface area contributed by atoms with Gasteiger partial charge in [0.15, 0.2) is 0 Å². The Hall–Kier alpha value is -2.64.